The molecule has 0 aliphatic carbocycles. The van der Waals surface area contributed by atoms with Gasteiger partial charge in [0.2, 0.25) is 11.6 Å². The number of ether oxygens (including phenoxy) is 1. The molecule has 0 N–H and O–H groups in total. The maximum Gasteiger partial charge on any atom is 0.313 e. The van der Waals surface area contributed by atoms with E-state index in [0.29, 0.717) is 17.1 Å². The maximum absolute atomic E-state index is 11.0. The van der Waals surface area contributed by atoms with Crippen molar-refractivity contribution >= 4 is 28.9 Å². The standard InChI is InChI=1S/C12H11Cl2N3O3/c1-7-9(6-13)12(16(2)15-7)20-11-4-3-8(14)5-10(11)17(18)19/h3-5H,6H2,1-2H3. The predicted octanol–water partition coefficient (Wildman–Crippen LogP) is 3.82. The lowest BCUT2D eigenvalue weighted by Gasteiger charge is -2.08. The number of hydrogen-bond donors (Lipinski definition) is 0. The molecule has 0 saturated heterocycles. The largest absolute Gasteiger partial charge is 0.432 e. The minimum absolute atomic E-state index is 0.0915. The molecule has 0 radical (unpaired) electrons. The molecular weight excluding hydrogens is 305 g/mol. The number of nitrogens with zero attached hydrogens (tertiary/aromatic N) is 3. The number of hydrogen-bond acceptors (Lipinski definition) is 4. The van der Waals surface area contributed by atoms with E-state index in [-0.39, 0.29) is 22.3 Å². The van der Waals surface area contributed by atoms with E-state index in [0.717, 1.165) is 0 Å². The molecule has 20 heavy (non-hydrogen) atoms. The average Bonchev–Trinajstić information content (AvgIpc) is 2.65. The maximum atomic E-state index is 11.0. The van der Waals surface area contributed by atoms with E-state index >= 15 is 0 Å². The molecule has 2 rings (SSSR count). The van der Waals surface area contributed by atoms with Crippen LogP contribution in [0.5, 0.6) is 11.6 Å². The highest BCUT2D eigenvalue weighted by atomic mass is 35.5. The van der Waals surface area contributed by atoms with Crippen LogP contribution < -0.4 is 4.74 Å². The van der Waals surface area contributed by atoms with Crippen molar-refractivity contribution in [1.29, 1.82) is 0 Å². The first-order valence-corrected chi connectivity index (χ1v) is 6.55. The normalized spacial score (nSPS) is 10.6. The van der Waals surface area contributed by atoms with Gasteiger partial charge in [0.15, 0.2) is 0 Å². The molecule has 1 aromatic carbocycles. The second-order valence-electron chi connectivity index (χ2n) is 4.10. The summed E-state index contributed by atoms with van der Waals surface area (Å²) in [7, 11) is 1.68. The first kappa shape index (κ1) is 14.6. The van der Waals surface area contributed by atoms with Crippen LogP contribution in [0.1, 0.15) is 11.3 Å². The Kier molecular flexibility index (Phi) is 4.15. The van der Waals surface area contributed by atoms with Gasteiger partial charge in [0.05, 0.1) is 22.1 Å². The molecule has 0 amide bonds. The number of aromatic nitrogens is 2. The van der Waals surface area contributed by atoms with Gasteiger partial charge < -0.3 is 4.74 Å². The Morgan fingerprint density at radius 3 is 2.80 bits per heavy atom. The monoisotopic (exact) mass is 315 g/mol. The quantitative estimate of drug-likeness (QED) is 0.488. The molecule has 0 bridgehead atoms. The van der Waals surface area contributed by atoms with E-state index in [2.05, 4.69) is 5.10 Å². The Bertz CT molecular complexity index is 670. The van der Waals surface area contributed by atoms with Crippen LogP contribution in [0.15, 0.2) is 18.2 Å². The summed E-state index contributed by atoms with van der Waals surface area (Å²) in [5.41, 5.74) is 1.20. The molecule has 2 aromatic rings. The van der Waals surface area contributed by atoms with Crippen molar-refractivity contribution in [2.24, 2.45) is 7.05 Å². The fourth-order valence-electron chi connectivity index (χ4n) is 1.79. The van der Waals surface area contributed by atoms with Crippen molar-refractivity contribution in [3.05, 3.63) is 44.6 Å². The van der Waals surface area contributed by atoms with E-state index in [1.54, 1.807) is 14.0 Å². The molecule has 106 valence electrons. The molecule has 8 heteroatoms. The lowest BCUT2D eigenvalue weighted by atomic mass is 10.3. The van der Waals surface area contributed by atoms with Crippen molar-refractivity contribution in [3.63, 3.8) is 0 Å². The van der Waals surface area contributed by atoms with Gasteiger partial charge in [-0.2, -0.15) is 5.10 Å². The Morgan fingerprint density at radius 2 is 2.20 bits per heavy atom. The van der Waals surface area contributed by atoms with Crippen molar-refractivity contribution in [1.82, 2.24) is 9.78 Å². The lowest BCUT2D eigenvalue weighted by Crippen LogP contribution is -1.99. The number of nitro benzene ring substituents is 1. The SMILES string of the molecule is Cc1nn(C)c(Oc2ccc(Cl)cc2[N+](=O)[O-])c1CCl. The van der Waals surface area contributed by atoms with Crippen LogP contribution in [0.25, 0.3) is 0 Å². The number of halogens is 2. The van der Waals surface area contributed by atoms with Crippen LogP contribution in [0.3, 0.4) is 0 Å². The Hall–Kier alpha value is -1.79. The number of nitro groups is 1. The summed E-state index contributed by atoms with van der Waals surface area (Å²) in [6.45, 7) is 1.79. The lowest BCUT2D eigenvalue weighted by molar-refractivity contribution is -0.385. The van der Waals surface area contributed by atoms with Crippen molar-refractivity contribution in [2.45, 2.75) is 12.8 Å². The first-order valence-electron chi connectivity index (χ1n) is 5.64. The minimum atomic E-state index is -0.551. The van der Waals surface area contributed by atoms with Gasteiger partial charge in [-0.1, -0.05) is 11.6 Å². The van der Waals surface area contributed by atoms with Crippen LogP contribution in [0.2, 0.25) is 5.02 Å². The van der Waals surface area contributed by atoms with Gasteiger partial charge in [0.1, 0.15) is 0 Å². The number of alkyl halides is 1. The number of rotatable bonds is 4. The molecule has 0 aliphatic rings. The van der Waals surface area contributed by atoms with E-state index in [9.17, 15) is 10.1 Å². The molecule has 0 aliphatic heterocycles. The van der Waals surface area contributed by atoms with Crippen molar-refractivity contribution < 1.29 is 9.66 Å². The van der Waals surface area contributed by atoms with Gasteiger partial charge in [-0.3, -0.25) is 10.1 Å². The van der Waals surface area contributed by atoms with Gasteiger partial charge in [0.25, 0.3) is 0 Å². The van der Waals surface area contributed by atoms with Gasteiger partial charge in [-0.25, -0.2) is 4.68 Å². The first-order chi connectivity index (χ1) is 9.43. The van der Waals surface area contributed by atoms with Gasteiger partial charge in [0, 0.05) is 18.1 Å². The second kappa shape index (κ2) is 5.68. The van der Waals surface area contributed by atoms with E-state index in [4.69, 9.17) is 27.9 Å². The smallest absolute Gasteiger partial charge is 0.313 e. The highest BCUT2D eigenvalue weighted by Crippen LogP contribution is 2.35. The predicted molar refractivity (Wildman–Crippen MR) is 75.7 cm³/mol. The molecule has 1 heterocycles. The third-order valence-corrected chi connectivity index (χ3v) is 3.25. The highest BCUT2D eigenvalue weighted by molar-refractivity contribution is 6.30. The third-order valence-electron chi connectivity index (χ3n) is 2.75. The molecular formula is C12H11Cl2N3O3. The fraction of sp³-hybridized carbons (Fsp3) is 0.250. The second-order valence-corrected chi connectivity index (χ2v) is 4.80. The van der Waals surface area contributed by atoms with Crippen LogP contribution in [-0.2, 0) is 12.9 Å². The molecule has 1 aromatic heterocycles. The molecule has 0 atom stereocenters. The topological polar surface area (TPSA) is 70.2 Å². The highest BCUT2D eigenvalue weighted by Gasteiger charge is 2.21. The zero-order valence-electron chi connectivity index (χ0n) is 10.8. The van der Waals surface area contributed by atoms with E-state index < -0.39 is 4.92 Å². The summed E-state index contributed by atoms with van der Waals surface area (Å²) in [6, 6.07) is 4.20. The zero-order valence-corrected chi connectivity index (χ0v) is 12.3. The molecule has 0 unspecified atom stereocenters. The summed E-state index contributed by atoms with van der Waals surface area (Å²) in [5, 5.41) is 15.5. The van der Waals surface area contributed by atoms with Crippen LogP contribution >= 0.6 is 23.2 Å². The van der Waals surface area contributed by atoms with Crippen LogP contribution in [-0.4, -0.2) is 14.7 Å². The van der Waals surface area contributed by atoms with E-state index in [1.807, 2.05) is 0 Å². The number of aryl methyl sites for hydroxylation is 2. The van der Waals surface area contributed by atoms with Crippen LogP contribution in [0, 0.1) is 17.0 Å². The van der Waals surface area contributed by atoms with Crippen LogP contribution in [0.4, 0.5) is 5.69 Å². The Balaban J connectivity index is 2.48. The van der Waals surface area contributed by atoms with Gasteiger partial charge >= 0.3 is 5.69 Å². The summed E-state index contributed by atoms with van der Waals surface area (Å²) >= 11 is 11.6. The molecule has 6 nitrogen and oxygen atoms in total. The van der Waals surface area contributed by atoms with Crippen molar-refractivity contribution in [2.75, 3.05) is 0 Å². The molecule has 0 spiro atoms. The average molecular weight is 316 g/mol. The number of benzene rings is 1. The van der Waals surface area contributed by atoms with Crippen molar-refractivity contribution in [3.8, 4) is 11.6 Å². The Labute approximate surface area is 125 Å². The minimum Gasteiger partial charge on any atom is -0.432 e. The summed E-state index contributed by atoms with van der Waals surface area (Å²) in [5.74, 6) is 0.674. The van der Waals surface area contributed by atoms with Gasteiger partial charge in [-0.05, 0) is 19.1 Å². The van der Waals surface area contributed by atoms with E-state index in [1.165, 1.54) is 22.9 Å². The molecule has 0 saturated carbocycles. The summed E-state index contributed by atoms with van der Waals surface area (Å²) in [6.07, 6.45) is 0. The molecule has 0 fully saturated rings. The fourth-order valence-corrected chi connectivity index (χ4v) is 2.26. The zero-order chi connectivity index (χ0) is 14.9. The summed E-state index contributed by atoms with van der Waals surface area (Å²) in [4.78, 5) is 10.5. The summed E-state index contributed by atoms with van der Waals surface area (Å²) < 4.78 is 7.11. The third kappa shape index (κ3) is 2.71. The Morgan fingerprint density at radius 1 is 1.50 bits per heavy atom. The van der Waals surface area contributed by atoms with Gasteiger partial charge in [-0.15, -0.1) is 11.6 Å².